The van der Waals surface area contributed by atoms with Gasteiger partial charge in [-0.05, 0) is 27.7 Å². The van der Waals surface area contributed by atoms with Crippen molar-refractivity contribution >= 4 is 15.9 Å². The van der Waals surface area contributed by atoms with Crippen LogP contribution >= 0.6 is 0 Å². The Morgan fingerprint density at radius 2 is 1.80 bits per heavy atom. The number of hydrogen-bond acceptors (Lipinski definition) is 3. The predicted octanol–water partition coefficient (Wildman–Crippen LogP) is 0.183. The number of nitrogens with zero attached hydrogens (tertiary/aromatic N) is 1. The number of sulfonamides is 1. The predicted molar refractivity (Wildman–Crippen MR) is 60.0 cm³/mol. The molecule has 1 amide bonds. The van der Waals surface area contributed by atoms with E-state index in [4.69, 9.17) is 0 Å². The highest BCUT2D eigenvalue weighted by atomic mass is 32.2. The molecule has 0 bridgehead atoms. The number of carbonyl (C=O) groups excluding carboxylic acids is 1. The molecule has 6 heteroatoms. The summed E-state index contributed by atoms with van der Waals surface area (Å²) in [6, 6.07) is 0. The Kier molecular flexibility index (Phi) is 4.73. The third-order valence-corrected chi connectivity index (χ3v) is 3.53. The maximum absolute atomic E-state index is 11.4. The summed E-state index contributed by atoms with van der Waals surface area (Å²) in [5.74, 6) is -0.284. The minimum atomic E-state index is -3.28. The highest BCUT2D eigenvalue weighted by molar-refractivity contribution is 7.89. The van der Waals surface area contributed by atoms with E-state index in [0.29, 0.717) is 0 Å². The molecule has 0 aliphatic heterocycles. The molecule has 0 aliphatic rings. The molecule has 90 valence electrons. The van der Waals surface area contributed by atoms with Gasteiger partial charge in [0.1, 0.15) is 0 Å². The van der Waals surface area contributed by atoms with Gasteiger partial charge in [-0.3, -0.25) is 4.79 Å². The number of rotatable bonds is 4. The summed E-state index contributed by atoms with van der Waals surface area (Å²) in [6.07, 6.45) is 0. The fourth-order valence-corrected chi connectivity index (χ4v) is 1.73. The molecule has 5 nitrogen and oxygen atoms in total. The fourth-order valence-electron chi connectivity index (χ4n) is 0.979. The average Bonchev–Trinajstić information content (AvgIpc) is 2.00. The van der Waals surface area contributed by atoms with E-state index in [1.807, 2.05) is 20.8 Å². The molecule has 0 atom stereocenters. The van der Waals surface area contributed by atoms with E-state index in [1.165, 1.54) is 7.05 Å². The van der Waals surface area contributed by atoms with Gasteiger partial charge in [-0.25, -0.2) is 8.42 Å². The molecule has 0 saturated carbocycles. The van der Waals surface area contributed by atoms with Crippen molar-refractivity contribution in [1.82, 2.24) is 9.62 Å². The van der Waals surface area contributed by atoms with Crippen LogP contribution < -0.4 is 5.32 Å². The van der Waals surface area contributed by atoms with E-state index < -0.39 is 10.0 Å². The number of amides is 1. The molecule has 0 heterocycles. The van der Waals surface area contributed by atoms with Crippen LogP contribution in [0, 0.1) is 0 Å². The van der Waals surface area contributed by atoms with E-state index in [9.17, 15) is 13.2 Å². The van der Waals surface area contributed by atoms with Crippen molar-refractivity contribution in [3.8, 4) is 0 Å². The highest BCUT2D eigenvalue weighted by Crippen LogP contribution is 2.00. The highest BCUT2D eigenvalue weighted by Gasteiger charge is 2.20. The Labute approximate surface area is 91.9 Å². The first-order chi connectivity index (χ1) is 6.58. The molecule has 0 aromatic heterocycles. The second-order valence-corrected chi connectivity index (χ2v) is 6.82. The zero-order chi connectivity index (χ0) is 12.3. The summed E-state index contributed by atoms with van der Waals surface area (Å²) in [4.78, 5) is 11.4. The molecule has 0 aromatic rings. The molecule has 15 heavy (non-hydrogen) atoms. The lowest BCUT2D eigenvalue weighted by Gasteiger charge is -2.22. The van der Waals surface area contributed by atoms with Gasteiger partial charge in [-0.2, -0.15) is 4.31 Å². The van der Waals surface area contributed by atoms with Crippen molar-refractivity contribution in [3.05, 3.63) is 0 Å². The maximum atomic E-state index is 11.4. The lowest BCUT2D eigenvalue weighted by molar-refractivity contribution is -0.122. The van der Waals surface area contributed by atoms with Gasteiger partial charge in [-0.1, -0.05) is 0 Å². The van der Waals surface area contributed by atoms with Gasteiger partial charge in [0.15, 0.2) is 0 Å². The maximum Gasteiger partial charge on any atom is 0.235 e. The molecule has 0 radical (unpaired) electrons. The van der Waals surface area contributed by atoms with Gasteiger partial charge in [0.25, 0.3) is 0 Å². The monoisotopic (exact) mass is 236 g/mol. The van der Waals surface area contributed by atoms with Crippen molar-refractivity contribution in [2.45, 2.75) is 33.2 Å². The lowest BCUT2D eigenvalue weighted by atomic mass is 10.1. The first kappa shape index (κ1) is 14.4. The van der Waals surface area contributed by atoms with Crippen LogP contribution in [0.1, 0.15) is 27.7 Å². The Hall–Kier alpha value is -0.620. The van der Waals surface area contributed by atoms with Crippen molar-refractivity contribution in [2.24, 2.45) is 0 Å². The second kappa shape index (κ2) is 4.94. The molecule has 0 fully saturated rings. The van der Waals surface area contributed by atoms with Gasteiger partial charge >= 0.3 is 0 Å². The summed E-state index contributed by atoms with van der Waals surface area (Å²) in [5, 5.41) is 2.70. The Bertz CT molecular complexity index is 317. The number of hydrogen-bond donors (Lipinski definition) is 1. The van der Waals surface area contributed by atoms with Gasteiger partial charge in [0, 0.05) is 12.6 Å². The fraction of sp³-hybridized carbons (Fsp3) is 0.889. The summed E-state index contributed by atoms with van der Waals surface area (Å²) >= 11 is 0. The van der Waals surface area contributed by atoms with Crippen LogP contribution in [0.3, 0.4) is 0 Å². The van der Waals surface area contributed by atoms with Crippen LogP contribution in [0.15, 0.2) is 0 Å². The average molecular weight is 236 g/mol. The Morgan fingerprint density at radius 3 is 2.13 bits per heavy atom. The second-order valence-electron chi connectivity index (χ2n) is 4.45. The normalized spacial score (nSPS) is 12.9. The molecule has 0 aliphatic carbocycles. The zero-order valence-electron chi connectivity index (χ0n) is 9.99. The van der Waals surface area contributed by atoms with E-state index in [-0.39, 0.29) is 23.7 Å². The van der Waals surface area contributed by atoms with Crippen molar-refractivity contribution in [2.75, 3.05) is 19.3 Å². The van der Waals surface area contributed by atoms with Crippen molar-refractivity contribution < 1.29 is 13.2 Å². The molecule has 0 unspecified atom stereocenters. The quantitative estimate of drug-likeness (QED) is 0.757. The smallest absolute Gasteiger partial charge is 0.235 e. The van der Waals surface area contributed by atoms with Crippen LogP contribution in [-0.2, 0) is 14.8 Å². The van der Waals surface area contributed by atoms with Crippen molar-refractivity contribution in [1.29, 1.82) is 0 Å². The third kappa shape index (κ3) is 5.74. The molecule has 0 rings (SSSR count). The number of likely N-dealkylation sites (N-methyl/N-ethyl adjacent to an activating group) is 1. The van der Waals surface area contributed by atoms with E-state index >= 15 is 0 Å². The van der Waals surface area contributed by atoms with Crippen LogP contribution in [0.5, 0.6) is 0 Å². The Morgan fingerprint density at radius 1 is 1.33 bits per heavy atom. The van der Waals surface area contributed by atoms with Crippen LogP contribution in [0.25, 0.3) is 0 Å². The zero-order valence-corrected chi connectivity index (χ0v) is 10.8. The Balaban J connectivity index is 4.33. The minimum Gasteiger partial charge on any atom is -0.350 e. The standard InChI is InChI=1S/C9H20N2O3S/c1-6-15(13,14)11(5)7-8(12)10-9(2,3)4/h6-7H2,1-5H3,(H,10,12). The number of nitrogens with one attached hydrogen (secondary N) is 1. The number of carbonyl (C=O) groups is 1. The van der Waals surface area contributed by atoms with Crippen LogP contribution in [-0.4, -0.2) is 43.5 Å². The van der Waals surface area contributed by atoms with E-state index in [1.54, 1.807) is 6.92 Å². The summed E-state index contributed by atoms with van der Waals surface area (Å²) < 4.78 is 23.8. The minimum absolute atomic E-state index is 0.00625. The van der Waals surface area contributed by atoms with Crippen LogP contribution in [0.4, 0.5) is 0 Å². The van der Waals surface area contributed by atoms with E-state index in [0.717, 1.165) is 4.31 Å². The molecule has 0 aromatic carbocycles. The molecule has 0 spiro atoms. The first-order valence-corrected chi connectivity index (χ1v) is 6.44. The third-order valence-electron chi connectivity index (χ3n) is 1.72. The van der Waals surface area contributed by atoms with Crippen LogP contribution in [0.2, 0.25) is 0 Å². The molecule has 0 saturated heterocycles. The van der Waals surface area contributed by atoms with Crippen molar-refractivity contribution in [3.63, 3.8) is 0 Å². The summed E-state index contributed by atoms with van der Waals surface area (Å²) in [5.41, 5.74) is -0.339. The largest absolute Gasteiger partial charge is 0.350 e. The first-order valence-electron chi connectivity index (χ1n) is 4.83. The lowest BCUT2D eigenvalue weighted by Crippen LogP contribution is -2.46. The van der Waals surface area contributed by atoms with Gasteiger partial charge in [0.05, 0.1) is 12.3 Å². The van der Waals surface area contributed by atoms with Gasteiger partial charge in [0.2, 0.25) is 15.9 Å². The SMILES string of the molecule is CCS(=O)(=O)N(C)CC(=O)NC(C)(C)C. The summed E-state index contributed by atoms with van der Waals surface area (Å²) in [6.45, 7) is 6.96. The topological polar surface area (TPSA) is 66.5 Å². The van der Waals surface area contributed by atoms with E-state index in [2.05, 4.69) is 5.32 Å². The molecular weight excluding hydrogens is 216 g/mol. The van der Waals surface area contributed by atoms with Gasteiger partial charge < -0.3 is 5.32 Å². The van der Waals surface area contributed by atoms with Gasteiger partial charge in [-0.15, -0.1) is 0 Å². The summed E-state index contributed by atoms with van der Waals surface area (Å²) in [7, 11) is -1.87. The molecular formula is C9H20N2O3S. The molecule has 1 N–H and O–H groups in total.